The van der Waals surface area contributed by atoms with Gasteiger partial charge in [0.1, 0.15) is 13.2 Å². The molecule has 6 heteroatoms. The van der Waals surface area contributed by atoms with E-state index < -0.39 is 6.10 Å². The fourth-order valence-electron chi connectivity index (χ4n) is 8.04. The van der Waals surface area contributed by atoms with E-state index in [9.17, 15) is 14.4 Å². The minimum absolute atomic E-state index is 0.0626. The summed E-state index contributed by atoms with van der Waals surface area (Å²) in [7, 11) is 0. The van der Waals surface area contributed by atoms with Gasteiger partial charge in [-0.2, -0.15) is 0 Å². The van der Waals surface area contributed by atoms with Gasteiger partial charge in [-0.15, -0.1) is 0 Å². The number of hydrogen-bond acceptors (Lipinski definition) is 6. The van der Waals surface area contributed by atoms with Crippen LogP contribution in [0.15, 0.2) is 0 Å². The monoisotopic (exact) mass is 835 g/mol. The van der Waals surface area contributed by atoms with Gasteiger partial charge >= 0.3 is 17.9 Å². The quantitative estimate of drug-likeness (QED) is 0.0345. The highest BCUT2D eigenvalue weighted by Crippen LogP contribution is 2.17. The van der Waals surface area contributed by atoms with Crippen LogP contribution in [0.1, 0.15) is 297 Å². The molecular formula is C53H102O6. The van der Waals surface area contributed by atoms with Crippen molar-refractivity contribution in [3.63, 3.8) is 0 Å². The molecule has 0 aliphatic carbocycles. The Labute approximate surface area is 368 Å². The van der Waals surface area contributed by atoms with Crippen LogP contribution in [0, 0.1) is 5.92 Å². The first kappa shape index (κ1) is 57.4. The molecule has 0 bridgehead atoms. The Morgan fingerprint density at radius 3 is 0.831 bits per heavy atom. The summed E-state index contributed by atoms with van der Waals surface area (Å²) < 4.78 is 16.8. The summed E-state index contributed by atoms with van der Waals surface area (Å²) in [6, 6.07) is 0. The van der Waals surface area contributed by atoms with Crippen molar-refractivity contribution in [3.8, 4) is 0 Å². The van der Waals surface area contributed by atoms with Crippen LogP contribution in [0.5, 0.6) is 0 Å². The average molecular weight is 835 g/mol. The fraction of sp³-hybridized carbons (Fsp3) is 0.943. The van der Waals surface area contributed by atoms with Gasteiger partial charge < -0.3 is 14.2 Å². The molecule has 0 aromatic heterocycles. The molecule has 0 amide bonds. The second-order valence-electron chi connectivity index (χ2n) is 18.6. The van der Waals surface area contributed by atoms with Gasteiger partial charge in [0.15, 0.2) is 6.10 Å². The van der Waals surface area contributed by atoms with Gasteiger partial charge in [-0.05, 0) is 25.2 Å². The lowest BCUT2D eigenvalue weighted by Gasteiger charge is -2.18. The number of esters is 3. The van der Waals surface area contributed by atoms with Crippen LogP contribution in [0.4, 0.5) is 0 Å². The molecule has 6 nitrogen and oxygen atoms in total. The Morgan fingerprint density at radius 2 is 0.559 bits per heavy atom. The largest absolute Gasteiger partial charge is 0.462 e. The molecule has 59 heavy (non-hydrogen) atoms. The van der Waals surface area contributed by atoms with E-state index in [0.29, 0.717) is 19.3 Å². The third-order valence-electron chi connectivity index (χ3n) is 12.0. The predicted octanol–water partition coefficient (Wildman–Crippen LogP) is 17.1. The summed E-state index contributed by atoms with van der Waals surface area (Å²) in [4.78, 5) is 37.9. The van der Waals surface area contributed by atoms with Gasteiger partial charge in [0.05, 0.1) is 0 Å². The van der Waals surface area contributed by atoms with E-state index in [-0.39, 0.29) is 31.1 Å². The molecule has 0 heterocycles. The third kappa shape index (κ3) is 47.3. The number of rotatable bonds is 48. The van der Waals surface area contributed by atoms with Gasteiger partial charge in [-0.25, -0.2) is 0 Å². The molecule has 0 unspecified atom stereocenters. The van der Waals surface area contributed by atoms with Crippen molar-refractivity contribution in [1.82, 2.24) is 0 Å². The van der Waals surface area contributed by atoms with E-state index in [1.54, 1.807) is 0 Å². The molecule has 0 fully saturated rings. The summed E-state index contributed by atoms with van der Waals surface area (Å²) in [5, 5.41) is 0. The zero-order chi connectivity index (χ0) is 43.1. The second-order valence-corrected chi connectivity index (χ2v) is 18.6. The topological polar surface area (TPSA) is 78.9 Å². The van der Waals surface area contributed by atoms with Crippen LogP contribution in [0.25, 0.3) is 0 Å². The molecule has 0 saturated carbocycles. The van der Waals surface area contributed by atoms with Crippen LogP contribution in [0.3, 0.4) is 0 Å². The van der Waals surface area contributed by atoms with E-state index in [1.165, 1.54) is 193 Å². The number of carbonyl (C=O) groups is 3. The molecule has 0 N–H and O–H groups in total. The van der Waals surface area contributed by atoms with Crippen molar-refractivity contribution in [1.29, 1.82) is 0 Å². The Kier molecular flexibility index (Phi) is 46.2. The molecular weight excluding hydrogens is 733 g/mol. The lowest BCUT2D eigenvalue weighted by Crippen LogP contribution is -2.30. The highest BCUT2D eigenvalue weighted by Gasteiger charge is 2.19. The van der Waals surface area contributed by atoms with E-state index in [4.69, 9.17) is 14.2 Å². The van der Waals surface area contributed by atoms with Crippen LogP contribution in [-0.4, -0.2) is 37.2 Å². The fourth-order valence-corrected chi connectivity index (χ4v) is 8.04. The SMILES string of the molecule is CCCCCCCCCCCCCCCC(=O)OC[C@H](COC(=O)CCCCCCCCCCCCCCCCCC(C)C)OC(=O)CCCCCCCCCCCC. The average Bonchev–Trinajstić information content (AvgIpc) is 3.22. The second kappa shape index (κ2) is 47.5. The third-order valence-corrected chi connectivity index (χ3v) is 12.0. The van der Waals surface area contributed by atoms with Crippen LogP contribution in [0.2, 0.25) is 0 Å². The van der Waals surface area contributed by atoms with Crippen molar-refractivity contribution in [2.45, 2.75) is 303 Å². The standard InChI is InChI=1S/C53H102O6/c1-5-7-9-11-13-15-17-21-25-29-32-36-40-44-51(54)57-47-50(59-53(56)46-42-38-34-28-16-14-12-10-8-6-2)48-58-52(55)45-41-37-33-30-26-23-20-18-19-22-24-27-31-35-39-43-49(3)4/h49-50H,5-48H2,1-4H3/t50-/m1/s1. The Hall–Kier alpha value is -1.59. The van der Waals surface area contributed by atoms with Gasteiger partial charge in [0.2, 0.25) is 0 Å². The first-order valence-electron chi connectivity index (χ1n) is 26.4. The van der Waals surface area contributed by atoms with E-state index in [2.05, 4.69) is 27.7 Å². The highest BCUT2D eigenvalue weighted by molar-refractivity contribution is 5.71. The molecule has 0 aliphatic rings. The smallest absolute Gasteiger partial charge is 0.306 e. The van der Waals surface area contributed by atoms with E-state index >= 15 is 0 Å². The van der Waals surface area contributed by atoms with E-state index in [1.807, 2.05) is 0 Å². The maximum Gasteiger partial charge on any atom is 0.306 e. The number of ether oxygens (including phenoxy) is 3. The first-order valence-corrected chi connectivity index (χ1v) is 26.4. The maximum atomic E-state index is 12.7. The molecule has 0 aromatic rings. The van der Waals surface area contributed by atoms with Crippen molar-refractivity contribution in [2.24, 2.45) is 5.92 Å². The van der Waals surface area contributed by atoms with Crippen molar-refractivity contribution in [2.75, 3.05) is 13.2 Å². The predicted molar refractivity (Wildman–Crippen MR) is 252 cm³/mol. The van der Waals surface area contributed by atoms with Gasteiger partial charge in [0.25, 0.3) is 0 Å². The maximum absolute atomic E-state index is 12.7. The highest BCUT2D eigenvalue weighted by atomic mass is 16.6. The normalized spacial score (nSPS) is 11.9. The number of hydrogen-bond donors (Lipinski definition) is 0. The zero-order valence-electron chi connectivity index (χ0n) is 40.2. The van der Waals surface area contributed by atoms with Gasteiger partial charge in [0, 0.05) is 19.3 Å². The summed E-state index contributed by atoms with van der Waals surface area (Å²) in [6.07, 6.45) is 49.4. The number of carbonyl (C=O) groups excluding carboxylic acids is 3. The Bertz CT molecular complexity index is 887. The van der Waals surface area contributed by atoms with Gasteiger partial charge in [-0.1, -0.05) is 259 Å². The lowest BCUT2D eigenvalue weighted by atomic mass is 10.0. The van der Waals surface area contributed by atoms with Crippen LogP contribution < -0.4 is 0 Å². The van der Waals surface area contributed by atoms with Crippen molar-refractivity contribution < 1.29 is 28.6 Å². The minimum Gasteiger partial charge on any atom is -0.462 e. The summed E-state index contributed by atoms with van der Waals surface area (Å²) >= 11 is 0. The van der Waals surface area contributed by atoms with Crippen molar-refractivity contribution >= 4 is 17.9 Å². The Balaban J connectivity index is 4.23. The number of unbranched alkanes of at least 4 members (excludes halogenated alkanes) is 35. The molecule has 0 radical (unpaired) electrons. The lowest BCUT2D eigenvalue weighted by molar-refractivity contribution is -0.167. The molecule has 0 rings (SSSR count). The molecule has 0 aliphatic heterocycles. The van der Waals surface area contributed by atoms with Crippen LogP contribution >= 0.6 is 0 Å². The molecule has 0 saturated heterocycles. The zero-order valence-corrected chi connectivity index (χ0v) is 40.2. The molecule has 0 spiro atoms. The van der Waals surface area contributed by atoms with Crippen LogP contribution in [-0.2, 0) is 28.6 Å². The summed E-state index contributed by atoms with van der Waals surface area (Å²) in [5.74, 6) is 0.00508. The molecule has 1 atom stereocenters. The minimum atomic E-state index is -0.760. The van der Waals surface area contributed by atoms with Crippen molar-refractivity contribution in [3.05, 3.63) is 0 Å². The Morgan fingerprint density at radius 1 is 0.322 bits per heavy atom. The van der Waals surface area contributed by atoms with Gasteiger partial charge in [-0.3, -0.25) is 14.4 Å². The molecule has 350 valence electrons. The summed E-state index contributed by atoms with van der Waals surface area (Å²) in [5.41, 5.74) is 0. The first-order chi connectivity index (χ1) is 28.9. The molecule has 0 aromatic carbocycles. The summed E-state index contributed by atoms with van der Waals surface area (Å²) in [6.45, 7) is 9.03. The van der Waals surface area contributed by atoms with E-state index in [0.717, 1.165) is 63.7 Å².